The van der Waals surface area contributed by atoms with Gasteiger partial charge in [0.05, 0.1) is 17.9 Å². The average Bonchev–Trinajstić information content (AvgIpc) is 3.04. The maximum atomic E-state index is 11.2. The van der Waals surface area contributed by atoms with Gasteiger partial charge in [-0.05, 0) is 42.8 Å². The van der Waals surface area contributed by atoms with Gasteiger partial charge in [-0.3, -0.25) is 0 Å². The Morgan fingerprint density at radius 2 is 1.72 bits per heavy atom. The molecule has 0 bridgehead atoms. The van der Waals surface area contributed by atoms with Gasteiger partial charge in [-0.1, -0.05) is 36.4 Å². The fourth-order valence-electron chi connectivity index (χ4n) is 2.49. The fraction of sp³-hybridized carbons (Fsp3) is 0.150. The van der Waals surface area contributed by atoms with E-state index in [1.165, 1.54) is 0 Å². The lowest BCUT2D eigenvalue weighted by Gasteiger charge is -2.12. The van der Waals surface area contributed by atoms with Gasteiger partial charge in [0.15, 0.2) is 0 Å². The van der Waals surface area contributed by atoms with Gasteiger partial charge in [0, 0.05) is 17.9 Å². The van der Waals surface area contributed by atoms with Crippen LogP contribution in [0.1, 0.15) is 16.1 Å². The lowest BCUT2D eigenvalue weighted by molar-refractivity contribution is 0.0697. The van der Waals surface area contributed by atoms with Crippen LogP contribution in [0.4, 0.5) is 0 Å². The zero-order valence-electron chi connectivity index (χ0n) is 14.1. The van der Waals surface area contributed by atoms with Crippen molar-refractivity contribution >= 4 is 5.97 Å². The van der Waals surface area contributed by atoms with Crippen LogP contribution >= 0.6 is 0 Å². The van der Waals surface area contributed by atoms with Crippen LogP contribution in [-0.2, 0) is 0 Å². The smallest absolute Gasteiger partial charge is 0.335 e. The molecule has 0 aliphatic rings. The molecule has 2 aromatic carbocycles. The van der Waals surface area contributed by atoms with E-state index in [9.17, 15) is 4.79 Å². The summed E-state index contributed by atoms with van der Waals surface area (Å²) in [5.41, 5.74) is 9.15. The fourth-order valence-corrected chi connectivity index (χ4v) is 2.49. The number of nitrogens with two attached hydrogens (primary N) is 1. The second kappa shape index (κ2) is 8.82. The normalized spacial score (nSPS) is 10.0. The highest BCUT2D eigenvalue weighted by molar-refractivity contribution is 5.88. The molecule has 130 valence electrons. The van der Waals surface area contributed by atoms with Crippen molar-refractivity contribution in [2.75, 3.05) is 13.2 Å². The Balaban J connectivity index is 0.000000511. The number of aromatic carboxylic acids is 1. The van der Waals surface area contributed by atoms with E-state index in [4.69, 9.17) is 15.9 Å². The van der Waals surface area contributed by atoms with E-state index in [-0.39, 0.29) is 6.61 Å². The Morgan fingerprint density at radius 1 is 1.04 bits per heavy atom. The van der Waals surface area contributed by atoms with Crippen LogP contribution in [0.2, 0.25) is 0 Å². The van der Waals surface area contributed by atoms with Crippen LogP contribution in [0.3, 0.4) is 0 Å². The molecule has 1 heterocycles. The van der Waals surface area contributed by atoms with Gasteiger partial charge in [0.25, 0.3) is 0 Å². The molecule has 0 unspecified atom stereocenters. The molecule has 3 aromatic rings. The lowest BCUT2D eigenvalue weighted by atomic mass is 10.1. The van der Waals surface area contributed by atoms with Crippen LogP contribution in [0, 0.1) is 6.92 Å². The maximum absolute atomic E-state index is 11.2. The molecule has 5 nitrogen and oxygen atoms in total. The summed E-state index contributed by atoms with van der Waals surface area (Å²) in [4.78, 5) is 11.2. The summed E-state index contributed by atoms with van der Waals surface area (Å²) in [5, 5.41) is 16.9. The number of hydrogen-bond donors (Lipinski definition) is 3. The summed E-state index contributed by atoms with van der Waals surface area (Å²) in [6.45, 7) is 2.49. The third kappa shape index (κ3) is 4.56. The number of carboxylic acids is 1. The molecule has 25 heavy (non-hydrogen) atoms. The van der Waals surface area contributed by atoms with Crippen LogP contribution in [0.5, 0.6) is 0 Å². The summed E-state index contributed by atoms with van der Waals surface area (Å²) < 4.78 is 2.07. The summed E-state index contributed by atoms with van der Waals surface area (Å²) in [7, 11) is 0. The van der Waals surface area contributed by atoms with E-state index >= 15 is 0 Å². The Kier molecular flexibility index (Phi) is 6.51. The molecule has 3 rings (SSSR count). The van der Waals surface area contributed by atoms with Crippen LogP contribution in [-0.4, -0.2) is 33.9 Å². The number of nitrogens with zero attached hydrogens (tertiary/aromatic N) is 1. The van der Waals surface area contributed by atoms with Crippen molar-refractivity contribution in [3.8, 4) is 16.9 Å². The van der Waals surface area contributed by atoms with Gasteiger partial charge < -0.3 is 20.5 Å². The van der Waals surface area contributed by atoms with Crippen molar-refractivity contribution < 1.29 is 15.0 Å². The average molecular weight is 338 g/mol. The predicted molar refractivity (Wildman–Crippen MR) is 99.0 cm³/mol. The number of benzene rings is 2. The van der Waals surface area contributed by atoms with Gasteiger partial charge in [-0.25, -0.2) is 4.79 Å². The molecule has 0 aliphatic carbocycles. The molecule has 4 N–H and O–H groups in total. The standard InChI is InChI=1S/C18H15NO2.C2H7NO/c1-13-10-11-17(14-6-3-2-4-7-14)19(13)16-9-5-8-15(12-16)18(20)21;3-1-2-4/h2-12H,1H3,(H,20,21);4H,1-3H2. The number of carbonyl (C=O) groups is 1. The van der Waals surface area contributed by atoms with Gasteiger partial charge >= 0.3 is 5.97 Å². The van der Waals surface area contributed by atoms with E-state index in [1.54, 1.807) is 18.2 Å². The SMILES string of the molecule is Cc1ccc(-c2ccccc2)n1-c1cccc(C(=O)O)c1.NCCO. The molecule has 0 saturated carbocycles. The maximum Gasteiger partial charge on any atom is 0.335 e. The largest absolute Gasteiger partial charge is 0.478 e. The van der Waals surface area contributed by atoms with Crippen LogP contribution in [0.15, 0.2) is 66.7 Å². The molecule has 0 spiro atoms. The second-order valence-corrected chi connectivity index (χ2v) is 5.43. The summed E-state index contributed by atoms with van der Waals surface area (Å²) in [6, 6.07) is 21.2. The van der Waals surface area contributed by atoms with E-state index < -0.39 is 5.97 Å². The topological polar surface area (TPSA) is 88.5 Å². The van der Waals surface area contributed by atoms with Gasteiger partial charge in [-0.2, -0.15) is 0 Å². The third-order valence-corrected chi connectivity index (χ3v) is 3.63. The number of carboxylic acid groups (broad SMARTS) is 1. The quantitative estimate of drug-likeness (QED) is 0.682. The first-order chi connectivity index (χ1) is 12.1. The summed E-state index contributed by atoms with van der Waals surface area (Å²) >= 11 is 0. The van der Waals surface area contributed by atoms with Crippen molar-refractivity contribution in [1.82, 2.24) is 4.57 Å². The Morgan fingerprint density at radius 3 is 2.32 bits per heavy atom. The summed E-state index contributed by atoms with van der Waals surface area (Å²) in [6.07, 6.45) is 0. The van der Waals surface area contributed by atoms with Gasteiger partial charge in [-0.15, -0.1) is 0 Å². The molecule has 0 radical (unpaired) electrons. The number of hydrogen-bond acceptors (Lipinski definition) is 3. The highest BCUT2D eigenvalue weighted by Crippen LogP contribution is 2.26. The van der Waals surface area contributed by atoms with Crippen molar-refractivity contribution in [1.29, 1.82) is 0 Å². The molecular formula is C20H22N2O3. The summed E-state index contributed by atoms with van der Waals surface area (Å²) in [5.74, 6) is -0.914. The Labute approximate surface area is 147 Å². The first-order valence-electron chi connectivity index (χ1n) is 7.97. The molecule has 0 saturated heterocycles. The number of aromatic nitrogens is 1. The zero-order chi connectivity index (χ0) is 18.2. The Hall–Kier alpha value is -2.89. The molecule has 0 fully saturated rings. The molecular weight excluding hydrogens is 316 g/mol. The van der Waals surface area contributed by atoms with E-state index in [0.717, 1.165) is 22.6 Å². The second-order valence-electron chi connectivity index (χ2n) is 5.43. The molecule has 1 aromatic heterocycles. The number of aryl methyl sites for hydroxylation is 1. The van der Waals surface area contributed by atoms with Gasteiger partial charge in [0.2, 0.25) is 0 Å². The minimum absolute atomic E-state index is 0.0972. The Bertz CT molecular complexity index is 824. The van der Waals surface area contributed by atoms with Crippen LogP contribution in [0.25, 0.3) is 16.9 Å². The van der Waals surface area contributed by atoms with Crippen molar-refractivity contribution in [3.63, 3.8) is 0 Å². The van der Waals surface area contributed by atoms with E-state index in [1.807, 2.05) is 49.4 Å². The van der Waals surface area contributed by atoms with E-state index in [0.29, 0.717) is 12.1 Å². The van der Waals surface area contributed by atoms with Crippen molar-refractivity contribution in [2.24, 2.45) is 5.73 Å². The monoisotopic (exact) mass is 338 g/mol. The molecule has 0 atom stereocenters. The van der Waals surface area contributed by atoms with Crippen molar-refractivity contribution in [2.45, 2.75) is 6.92 Å². The molecule has 0 amide bonds. The van der Waals surface area contributed by atoms with Crippen molar-refractivity contribution in [3.05, 3.63) is 78.0 Å². The highest BCUT2D eigenvalue weighted by Gasteiger charge is 2.11. The number of aliphatic hydroxyl groups excluding tert-OH is 1. The first-order valence-corrected chi connectivity index (χ1v) is 7.97. The molecule has 0 aliphatic heterocycles. The zero-order valence-corrected chi connectivity index (χ0v) is 14.1. The predicted octanol–water partition coefficient (Wildman–Crippen LogP) is 3.09. The molecule has 5 heteroatoms. The first kappa shape index (κ1) is 18.4. The minimum Gasteiger partial charge on any atom is -0.478 e. The third-order valence-electron chi connectivity index (χ3n) is 3.63. The highest BCUT2D eigenvalue weighted by atomic mass is 16.4. The van der Waals surface area contributed by atoms with Gasteiger partial charge in [0.1, 0.15) is 0 Å². The van der Waals surface area contributed by atoms with Crippen LogP contribution < -0.4 is 5.73 Å². The van der Waals surface area contributed by atoms with E-state index in [2.05, 4.69) is 10.6 Å². The number of rotatable bonds is 4. The minimum atomic E-state index is -0.914. The lowest BCUT2D eigenvalue weighted by Crippen LogP contribution is -2.02. The number of aliphatic hydroxyl groups is 1.